The van der Waals surface area contributed by atoms with E-state index in [1.807, 2.05) is 32.3 Å². The van der Waals surface area contributed by atoms with Crippen molar-refractivity contribution in [2.24, 2.45) is 0 Å². The van der Waals surface area contributed by atoms with Gasteiger partial charge in [0.15, 0.2) is 0 Å². The molecule has 2 rings (SSSR count). The zero-order chi connectivity index (χ0) is 15.2. The van der Waals surface area contributed by atoms with E-state index in [4.69, 9.17) is 5.73 Å². The summed E-state index contributed by atoms with van der Waals surface area (Å²) in [6.45, 7) is 1.54. The van der Waals surface area contributed by atoms with Gasteiger partial charge >= 0.3 is 0 Å². The van der Waals surface area contributed by atoms with E-state index in [0.29, 0.717) is 12.4 Å². The standard InChI is InChI=1S/C15H21N5O/c1-19(2)10-13-6-4-3-5-12(13)9-17-15(21)11-20-8-7-14(16)18-20/h3-8H,9-11H2,1-2H3,(H2,16,18)(H,17,21). The number of nitrogens with one attached hydrogen (secondary N) is 1. The molecular weight excluding hydrogens is 266 g/mol. The summed E-state index contributed by atoms with van der Waals surface area (Å²) in [5.41, 5.74) is 7.86. The van der Waals surface area contributed by atoms with E-state index >= 15 is 0 Å². The van der Waals surface area contributed by atoms with Gasteiger partial charge in [-0.3, -0.25) is 9.48 Å². The first-order chi connectivity index (χ1) is 10.0. The average molecular weight is 287 g/mol. The molecule has 0 aliphatic carbocycles. The molecule has 3 N–H and O–H groups in total. The van der Waals surface area contributed by atoms with Crippen LogP contribution in [0.1, 0.15) is 11.1 Å². The van der Waals surface area contributed by atoms with E-state index in [-0.39, 0.29) is 12.5 Å². The van der Waals surface area contributed by atoms with Crippen LogP contribution in [0.3, 0.4) is 0 Å². The lowest BCUT2D eigenvalue weighted by atomic mass is 10.1. The van der Waals surface area contributed by atoms with E-state index in [1.54, 1.807) is 12.3 Å². The van der Waals surface area contributed by atoms with Crippen molar-refractivity contribution < 1.29 is 4.79 Å². The molecule has 0 unspecified atom stereocenters. The highest BCUT2D eigenvalue weighted by atomic mass is 16.2. The minimum absolute atomic E-state index is 0.0854. The molecule has 1 aromatic carbocycles. The van der Waals surface area contributed by atoms with E-state index in [2.05, 4.69) is 21.4 Å². The first-order valence-corrected chi connectivity index (χ1v) is 6.82. The van der Waals surface area contributed by atoms with Crippen LogP contribution in [0.2, 0.25) is 0 Å². The van der Waals surface area contributed by atoms with E-state index in [0.717, 1.165) is 12.1 Å². The molecule has 0 fully saturated rings. The summed E-state index contributed by atoms with van der Waals surface area (Å²) in [5.74, 6) is 0.330. The maximum atomic E-state index is 11.9. The Balaban J connectivity index is 1.92. The Kier molecular flexibility index (Phi) is 4.94. The SMILES string of the molecule is CN(C)Cc1ccccc1CNC(=O)Cn1ccc(N)n1. The molecule has 0 saturated carbocycles. The molecular formula is C15H21N5O. The minimum atomic E-state index is -0.0854. The molecule has 2 aromatic rings. The van der Waals surface area contributed by atoms with Gasteiger partial charge in [0.05, 0.1) is 0 Å². The fourth-order valence-electron chi connectivity index (χ4n) is 2.09. The zero-order valence-electron chi connectivity index (χ0n) is 12.4. The lowest BCUT2D eigenvalue weighted by molar-refractivity contribution is -0.122. The van der Waals surface area contributed by atoms with Crippen molar-refractivity contribution in [3.8, 4) is 0 Å². The highest BCUT2D eigenvalue weighted by molar-refractivity contribution is 5.75. The molecule has 0 saturated heterocycles. The average Bonchev–Trinajstić information content (AvgIpc) is 2.82. The third-order valence-electron chi connectivity index (χ3n) is 3.05. The van der Waals surface area contributed by atoms with E-state index in [9.17, 15) is 4.79 Å². The van der Waals surface area contributed by atoms with Gasteiger partial charge in [0, 0.05) is 19.3 Å². The Bertz CT molecular complexity index is 606. The van der Waals surface area contributed by atoms with Crippen LogP contribution in [0.4, 0.5) is 5.82 Å². The number of nitrogens with two attached hydrogens (primary N) is 1. The maximum Gasteiger partial charge on any atom is 0.241 e. The second-order valence-electron chi connectivity index (χ2n) is 5.22. The van der Waals surface area contributed by atoms with Crippen LogP contribution in [0, 0.1) is 0 Å². The molecule has 21 heavy (non-hydrogen) atoms. The molecule has 0 radical (unpaired) electrons. The normalized spacial score (nSPS) is 10.8. The van der Waals surface area contributed by atoms with Gasteiger partial charge in [-0.1, -0.05) is 24.3 Å². The number of hydrogen-bond acceptors (Lipinski definition) is 4. The summed E-state index contributed by atoms with van der Waals surface area (Å²) in [4.78, 5) is 14.0. The second-order valence-corrected chi connectivity index (χ2v) is 5.22. The minimum Gasteiger partial charge on any atom is -0.382 e. The third kappa shape index (κ3) is 4.61. The van der Waals surface area contributed by atoms with Crippen molar-refractivity contribution >= 4 is 11.7 Å². The van der Waals surface area contributed by atoms with Gasteiger partial charge in [0.25, 0.3) is 0 Å². The number of benzene rings is 1. The lowest BCUT2D eigenvalue weighted by Crippen LogP contribution is -2.28. The van der Waals surface area contributed by atoms with Crippen LogP contribution >= 0.6 is 0 Å². The fourth-order valence-corrected chi connectivity index (χ4v) is 2.09. The van der Waals surface area contributed by atoms with Crippen molar-refractivity contribution in [3.05, 3.63) is 47.7 Å². The smallest absolute Gasteiger partial charge is 0.241 e. The summed E-state index contributed by atoms with van der Waals surface area (Å²) in [7, 11) is 4.05. The lowest BCUT2D eigenvalue weighted by Gasteiger charge is -2.14. The molecule has 6 nitrogen and oxygen atoms in total. The molecule has 1 aromatic heterocycles. The largest absolute Gasteiger partial charge is 0.382 e. The molecule has 0 aliphatic heterocycles. The van der Waals surface area contributed by atoms with Crippen LogP contribution in [0.5, 0.6) is 0 Å². The monoisotopic (exact) mass is 287 g/mol. The number of rotatable bonds is 6. The van der Waals surface area contributed by atoms with Crippen molar-refractivity contribution in [2.45, 2.75) is 19.6 Å². The molecule has 112 valence electrons. The fraction of sp³-hybridized carbons (Fsp3) is 0.333. The molecule has 1 amide bonds. The maximum absolute atomic E-state index is 11.9. The Morgan fingerprint density at radius 3 is 2.62 bits per heavy atom. The summed E-state index contributed by atoms with van der Waals surface area (Å²) in [5, 5.41) is 6.90. The van der Waals surface area contributed by atoms with Crippen LogP contribution in [0.25, 0.3) is 0 Å². The first kappa shape index (κ1) is 15.1. The first-order valence-electron chi connectivity index (χ1n) is 6.82. The molecule has 0 spiro atoms. The number of anilines is 1. The summed E-state index contributed by atoms with van der Waals surface area (Å²) in [6.07, 6.45) is 1.69. The molecule has 1 heterocycles. The van der Waals surface area contributed by atoms with Gasteiger partial charge in [-0.2, -0.15) is 5.10 Å². The van der Waals surface area contributed by atoms with Crippen LogP contribution < -0.4 is 11.1 Å². The highest BCUT2D eigenvalue weighted by Crippen LogP contribution is 2.10. The number of hydrogen-bond donors (Lipinski definition) is 2. The van der Waals surface area contributed by atoms with Crippen molar-refractivity contribution in [1.82, 2.24) is 20.0 Å². The van der Waals surface area contributed by atoms with Crippen LogP contribution in [0.15, 0.2) is 36.5 Å². The summed E-state index contributed by atoms with van der Waals surface area (Å²) in [6, 6.07) is 9.77. The van der Waals surface area contributed by atoms with Crippen molar-refractivity contribution in [3.63, 3.8) is 0 Å². The molecule has 0 aliphatic rings. The predicted octanol–water partition coefficient (Wildman–Crippen LogP) is 0.843. The Labute approximate surface area is 124 Å². The van der Waals surface area contributed by atoms with Gasteiger partial charge in [0.1, 0.15) is 12.4 Å². The molecule has 0 bridgehead atoms. The Hall–Kier alpha value is -2.34. The van der Waals surface area contributed by atoms with E-state index < -0.39 is 0 Å². The highest BCUT2D eigenvalue weighted by Gasteiger charge is 2.07. The number of carbonyl (C=O) groups excluding carboxylic acids is 1. The number of amides is 1. The molecule has 6 heteroatoms. The quantitative estimate of drug-likeness (QED) is 0.825. The number of nitrogen functional groups attached to an aromatic ring is 1. The number of aromatic nitrogens is 2. The second kappa shape index (κ2) is 6.90. The van der Waals surface area contributed by atoms with Gasteiger partial charge in [-0.15, -0.1) is 0 Å². The van der Waals surface area contributed by atoms with Crippen LogP contribution in [-0.2, 0) is 24.4 Å². The third-order valence-corrected chi connectivity index (χ3v) is 3.05. The van der Waals surface area contributed by atoms with Crippen molar-refractivity contribution in [1.29, 1.82) is 0 Å². The summed E-state index contributed by atoms with van der Waals surface area (Å²) < 4.78 is 1.52. The van der Waals surface area contributed by atoms with Crippen LogP contribution in [-0.4, -0.2) is 34.7 Å². The number of carbonyl (C=O) groups is 1. The van der Waals surface area contributed by atoms with Gasteiger partial charge in [-0.05, 0) is 31.3 Å². The molecule has 0 atom stereocenters. The predicted molar refractivity (Wildman–Crippen MR) is 82.3 cm³/mol. The Morgan fingerprint density at radius 1 is 1.29 bits per heavy atom. The van der Waals surface area contributed by atoms with E-state index in [1.165, 1.54) is 10.2 Å². The van der Waals surface area contributed by atoms with Gasteiger partial charge in [0.2, 0.25) is 5.91 Å². The Morgan fingerprint density at radius 2 is 2.00 bits per heavy atom. The zero-order valence-corrected chi connectivity index (χ0v) is 12.4. The topological polar surface area (TPSA) is 76.2 Å². The van der Waals surface area contributed by atoms with Gasteiger partial charge in [-0.25, -0.2) is 0 Å². The summed E-state index contributed by atoms with van der Waals surface area (Å²) >= 11 is 0. The number of nitrogens with zero attached hydrogens (tertiary/aromatic N) is 3. The van der Waals surface area contributed by atoms with Crippen molar-refractivity contribution in [2.75, 3.05) is 19.8 Å². The van der Waals surface area contributed by atoms with Gasteiger partial charge < -0.3 is 16.0 Å².